The Bertz CT molecular complexity index is 62.0. The van der Waals surface area contributed by atoms with Gasteiger partial charge in [0.1, 0.15) is 0 Å². The van der Waals surface area contributed by atoms with E-state index in [1.54, 1.807) is 0 Å². The summed E-state index contributed by atoms with van der Waals surface area (Å²) >= 11 is 0. The van der Waals surface area contributed by atoms with Crippen molar-refractivity contribution in [2.75, 3.05) is 0 Å². The van der Waals surface area contributed by atoms with Crippen LogP contribution in [0, 0.1) is 10.1 Å². The number of nitrogens with zero attached hydrogens (tertiary/aromatic N) is 1. The molecule has 0 fully saturated rings. The average Bonchev–Trinajstić information content (AvgIpc) is 1.25. The molecule has 10 heteroatoms. The fourth-order valence-electron chi connectivity index (χ4n) is 0. The molecule has 0 unspecified atom stereocenters. The van der Waals surface area contributed by atoms with E-state index in [0.717, 1.165) is 0 Å². The Labute approximate surface area is 109 Å². The van der Waals surface area contributed by atoms with E-state index in [0.29, 0.717) is 0 Å². The molecule has 0 aliphatic heterocycles. The molecule has 0 spiro atoms. The van der Waals surface area contributed by atoms with Crippen molar-refractivity contribution in [3.05, 3.63) is 10.1 Å². The molecule has 0 saturated carbocycles. The van der Waals surface area contributed by atoms with Crippen molar-refractivity contribution in [2.24, 2.45) is 0 Å². The molecular weight excluding hydrogens is 184 g/mol. The van der Waals surface area contributed by atoms with Gasteiger partial charge in [0, 0.05) is 0 Å². The van der Waals surface area contributed by atoms with Crippen LogP contribution in [-0.2, 0) is 0 Å². The molecule has 10 heavy (non-hydrogen) atoms. The van der Waals surface area contributed by atoms with E-state index >= 15 is 0 Å². The average molecular weight is 185 g/mol. The van der Waals surface area contributed by atoms with Crippen LogP contribution < -0.4 is 44.6 Å². The molecule has 48 valence electrons. The van der Waals surface area contributed by atoms with E-state index in [-0.39, 0.29) is 67.3 Å². The second kappa shape index (κ2) is 16.8. The van der Waals surface area contributed by atoms with Gasteiger partial charge in [0.05, 0.1) is 0 Å². The molecule has 0 aromatic carbocycles. The number of hydrogen-bond donors (Lipinski definition) is 1. The van der Waals surface area contributed by atoms with E-state index in [9.17, 15) is 0 Å². The third-order valence-corrected chi connectivity index (χ3v) is 0. The smallest absolute Gasteiger partial charge is 0.907 e. The van der Waals surface area contributed by atoms with E-state index in [4.69, 9.17) is 30.4 Å². The summed E-state index contributed by atoms with van der Waals surface area (Å²) in [6, 6.07) is 0. The zero-order valence-electron chi connectivity index (χ0n) is 5.22. The summed E-state index contributed by atoms with van der Waals surface area (Å²) < 4.78 is 0. The molecule has 0 aromatic rings. The van der Waals surface area contributed by atoms with E-state index < -0.39 is 12.4 Å². The largest absolute Gasteiger partial charge is 2.00 e. The van der Waals surface area contributed by atoms with Crippen LogP contribution >= 0.6 is 0 Å². The summed E-state index contributed by atoms with van der Waals surface area (Å²) in [6.07, 6.45) is 0. The Morgan fingerprint density at radius 2 is 1.30 bits per heavy atom. The fraction of sp³-hybridized carbons (Fsp3) is 0. The van der Waals surface area contributed by atoms with E-state index in [2.05, 4.69) is 0 Å². The third-order valence-electron chi connectivity index (χ3n) is 0. The SMILES string of the molecule is O=[N+]([O-])O.[Ca+2].[Na+].[O-]B([O-])[O-]. The second-order valence-corrected chi connectivity index (χ2v) is 0.527. The van der Waals surface area contributed by atoms with Gasteiger partial charge in [-0.1, -0.05) is 0 Å². The summed E-state index contributed by atoms with van der Waals surface area (Å²) in [4.78, 5) is 8.36. The molecule has 0 radical (unpaired) electrons. The molecule has 0 amide bonds. The van der Waals surface area contributed by atoms with Crippen molar-refractivity contribution in [3.8, 4) is 0 Å². The maximum absolute atomic E-state index is 8.42. The van der Waals surface area contributed by atoms with E-state index in [1.165, 1.54) is 0 Å². The predicted octanol–water partition coefficient (Wildman–Crippen LogP) is -7.67. The molecule has 0 aromatic heterocycles. The van der Waals surface area contributed by atoms with Crippen LogP contribution in [0.3, 0.4) is 0 Å². The van der Waals surface area contributed by atoms with Crippen LogP contribution in [0.15, 0.2) is 0 Å². The number of rotatable bonds is 0. The molecule has 0 rings (SSSR count). The van der Waals surface area contributed by atoms with Gasteiger partial charge < -0.3 is 20.3 Å². The van der Waals surface area contributed by atoms with Gasteiger partial charge >= 0.3 is 67.3 Å². The van der Waals surface area contributed by atoms with Crippen molar-refractivity contribution in [3.63, 3.8) is 0 Å². The maximum Gasteiger partial charge on any atom is 2.00 e. The van der Waals surface area contributed by atoms with Gasteiger partial charge in [0.15, 0.2) is 0 Å². The van der Waals surface area contributed by atoms with Gasteiger partial charge in [-0.15, -0.1) is 10.1 Å². The minimum Gasteiger partial charge on any atom is -0.907 e. The van der Waals surface area contributed by atoms with Crippen molar-refractivity contribution in [1.29, 1.82) is 0 Å². The van der Waals surface area contributed by atoms with Gasteiger partial charge in [-0.3, -0.25) is 7.32 Å². The van der Waals surface area contributed by atoms with Gasteiger partial charge in [-0.25, -0.2) is 0 Å². The summed E-state index contributed by atoms with van der Waals surface area (Å²) in [5.74, 6) is 0. The molecule has 0 aliphatic rings. The van der Waals surface area contributed by atoms with Crippen molar-refractivity contribution >= 4 is 45.1 Å². The molecular formula is HBCaNNaO6. The van der Waals surface area contributed by atoms with Crippen molar-refractivity contribution in [2.45, 2.75) is 0 Å². The minimum absolute atomic E-state index is 0. The van der Waals surface area contributed by atoms with Crippen molar-refractivity contribution < 1.29 is 54.9 Å². The molecule has 0 aliphatic carbocycles. The number of hydrogen-bond acceptors (Lipinski definition) is 5. The van der Waals surface area contributed by atoms with E-state index in [1.807, 2.05) is 0 Å². The summed E-state index contributed by atoms with van der Waals surface area (Å²) in [6.45, 7) is 0. The van der Waals surface area contributed by atoms with Gasteiger partial charge in [-0.2, -0.15) is 0 Å². The van der Waals surface area contributed by atoms with Gasteiger partial charge in [0.2, 0.25) is 0 Å². The zero-order valence-corrected chi connectivity index (χ0v) is 9.43. The zero-order chi connectivity index (χ0) is 7.15. The predicted molar refractivity (Wildman–Crippen MR) is 20.3 cm³/mol. The first-order valence-corrected chi connectivity index (χ1v) is 1.27. The van der Waals surface area contributed by atoms with Crippen LogP contribution in [0.4, 0.5) is 0 Å². The van der Waals surface area contributed by atoms with Gasteiger partial charge in [-0.05, 0) is 0 Å². The monoisotopic (exact) mass is 185 g/mol. The van der Waals surface area contributed by atoms with Crippen LogP contribution in [0.5, 0.6) is 0 Å². The molecule has 1 N–H and O–H groups in total. The molecule has 0 saturated heterocycles. The minimum atomic E-state index is -2.92. The molecule has 0 atom stereocenters. The van der Waals surface area contributed by atoms with Crippen LogP contribution in [0.2, 0.25) is 0 Å². The van der Waals surface area contributed by atoms with Crippen LogP contribution in [0.1, 0.15) is 0 Å². The molecule has 0 bridgehead atoms. The summed E-state index contributed by atoms with van der Waals surface area (Å²) in [7, 11) is -2.92. The Morgan fingerprint density at radius 1 is 1.30 bits per heavy atom. The fourth-order valence-corrected chi connectivity index (χ4v) is 0. The normalized spacial score (nSPS) is 5.10. The Balaban J connectivity index is -0.0000000300. The van der Waals surface area contributed by atoms with Crippen LogP contribution in [-0.4, -0.2) is 55.4 Å². The molecule has 0 heterocycles. The first kappa shape index (κ1) is 22.5. The van der Waals surface area contributed by atoms with Crippen molar-refractivity contribution in [1.82, 2.24) is 0 Å². The first-order valence-electron chi connectivity index (χ1n) is 1.27. The topological polar surface area (TPSA) is 133 Å². The molecule has 7 nitrogen and oxygen atoms in total. The third kappa shape index (κ3) is 337. The van der Waals surface area contributed by atoms with Gasteiger partial charge in [0.25, 0.3) is 5.09 Å². The second-order valence-electron chi connectivity index (χ2n) is 0.527. The standard InChI is InChI=1S/BO3.Ca.HNO3.Na/c2-1(3)4;;2-1(3)4;/h;;(H,2,3,4);/q-3;+2;;+1. The Kier molecular flexibility index (Phi) is 37.8. The Morgan fingerprint density at radius 3 is 1.30 bits per heavy atom. The van der Waals surface area contributed by atoms with Crippen LogP contribution in [0.25, 0.3) is 0 Å². The quantitative estimate of drug-likeness (QED) is 0.226. The summed E-state index contributed by atoms with van der Waals surface area (Å²) in [5, 5.41) is 38.9. The summed E-state index contributed by atoms with van der Waals surface area (Å²) in [5.41, 5.74) is 0. The first-order chi connectivity index (χ1) is 3.46. The Hall–Kier alpha value is 1.40. The maximum atomic E-state index is 8.42.